The molecule has 0 radical (unpaired) electrons. The van der Waals surface area contributed by atoms with E-state index in [-0.39, 0.29) is 0 Å². The van der Waals surface area contributed by atoms with Gasteiger partial charge in [-0.1, -0.05) is 20.8 Å². The fourth-order valence-corrected chi connectivity index (χ4v) is 4.85. The van der Waals surface area contributed by atoms with Gasteiger partial charge in [0.05, 0.1) is 0 Å². The quantitative estimate of drug-likeness (QED) is 0.765. The van der Waals surface area contributed by atoms with Crippen molar-refractivity contribution in [2.24, 2.45) is 29.1 Å². The molecule has 2 heteroatoms. The molecule has 0 amide bonds. The molecule has 2 nitrogen and oxygen atoms in total. The number of rotatable bonds is 2. The molecule has 0 spiro atoms. The molecule has 2 saturated heterocycles. The van der Waals surface area contributed by atoms with Gasteiger partial charge in [0, 0.05) is 38.3 Å². The smallest absolute Gasteiger partial charge is 0.0125 e. The Morgan fingerprint density at radius 3 is 1.76 bits per heavy atom. The van der Waals surface area contributed by atoms with E-state index in [0.29, 0.717) is 11.0 Å². The minimum atomic E-state index is 0.373. The Bertz CT molecular complexity index is 353. The van der Waals surface area contributed by atoms with Gasteiger partial charge < -0.3 is 4.90 Å². The summed E-state index contributed by atoms with van der Waals surface area (Å²) in [5, 5.41) is 0. The monoisotopic (exact) mass is 292 g/mol. The van der Waals surface area contributed by atoms with Crippen LogP contribution in [0.4, 0.5) is 0 Å². The van der Waals surface area contributed by atoms with Crippen molar-refractivity contribution in [2.75, 3.05) is 32.7 Å². The van der Waals surface area contributed by atoms with Crippen molar-refractivity contribution in [3.05, 3.63) is 0 Å². The molecule has 0 aromatic carbocycles. The highest BCUT2D eigenvalue weighted by Gasteiger charge is 2.45. The third kappa shape index (κ3) is 3.32. The maximum absolute atomic E-state index is 2.79. The zero-order chi connectivity index (χ0) is 15.4. The molecule has 21 heavy (non-hydrogen) atoms. The molecule has 1 saturated carbocycles. The lowest BCUT2D eigenvalue weighted by Gasteiger charge is -2.48. The van der Waals surface area contributed by atoms with Crippen LogP contribution in [-0.2, 0) is 0 Å². The molecule has 3 aliphatic rings. The average Bonchev–Trinajstić information content (AvgIpc) is 2.76. The van der Waals surface area contributed by atoms with Gasteiger partial charge in [-0.25, -0.2) is 0 Å². The molecule has 0 N–H and O–H groups in total. The van der Waals surface area contributed by atoms with Crippen LogP contribution in [0, 0.1) is 29.1 Å². The molecule has 0 aromatic heterocycles. The predicted octanol–water partition coefficient (Wildman–Crippen LogP) is 3.72. The zero-order valence-electron chi connectivity index (χ0n) is 15.2. The summed E-state index contributed by atoms with van der Waals surface area (Å²) in [5.74, 6) is 3.91. The molecular weight excluding hydrogens is 256 g/mol. The van der Waals surface area contributed by atoms with Crippen molar-refractivity contribution >= 4 is 0 Å². The number of nitrogens with zero attached hydrogens (tertiary/aromatic N) is 2. The molecule has 0 bridgehead atoms. The van der Waals surface area contributed by atoms with E-state index in [2.05, 4.69) is 51.3 Å². The normalized spacial score (nSPS) is 36.0. The van der Waals surface area contributed by atoms with Crippen molar-refractivity contribution in [1.82, 2.24) is 9.80 Å². The molecule has 0 aromatic rings. The van der Waals surface area contributed by atoms with Crippen LogP contribution in [0.5, 0.6) is 0 Å². The fourth-order valence-electron chi connectivity index (χ4n) is 4.85. The van der Waals surface area contributed by atoms with E-state index in [0.717, 1.165) is 23.7 Å². The maximum Gasteiger partial charge on any atom is 0.0125 e. The standard InChI is InChI=1S/C19H36N2/c1-18(2,3)17-7-15-12-20(13-16(15)8-17)9-14-10-21(11-14)19(4,5)6/h14-17H,7-13H2,1-6H3/t15-,16+,17?. The molecular formula is C19H36N2. The molecule has 3 rings (SSSR count). The van der Waals surface area contributed by atoms with Gasteiger partial charge >= 0.3 is 0 Å². The van der Waals surface area contributed by atoms with Crippen LogP contribution in [0.1, 0.15) is 54.4 Å². The summed E-state index contributed by atoms with van der Waals surface area (Å²) in [4.78, 5) is 5.42. The lowest BCUT2D eigenvalue weighted by Crippen LogP contribution is -2.58. The summed E-state index contributed by atoms with van der Waals surface area (Å²) < 4.78 is 0. The lowest BCUT2D eigenvalue weighted by molar-refractivity contribution is -0.000232. The first-order valence-corrected chi connectivity index (χ1v) is 9.10. The van der Waals surface area contributed by atoms with Gasteiger partial charge in [0.25, 0.3) is 0 Å². The van der Waals surface area contributed by atoms with Gasteiger partial charge in [0.2, 0.25) is 0 Å². The third-order valence-corrected chi connectivity index (χ3v) is 6.47. The van der Waals surface area contributed by atoms with Crippen LogP contribution >= 0.6 is 0 Å². The number of fused-ring (bicyclic) bond motifs is 1. The van der Waals surface area contributed by atoms with Crippen molar-refractivity contribution in [3.63, 3.8) is 0 Å². The van der Waals surface area contributed by atoms with Crippen LogP contribution < -0.4 is 0 Å². The van der Waals surface area contributed by atoms with Gasteiger partial charge in [0.15, 0.2) is 0 Å². The largest absolute Gasteiger partial charge is 0.302 e. The number of hydrogen-bond acceptors (Lipinski definition) is 2. The van der Waals surface area contributed by atoms with E-state index in [1.807, 2.05) is 0 Å². The van der Waals surface area contributed by atoms with Crippen molar-refractivity contribution < 1.29 is 0 Å². The van der Waals surface area contributed by atoms with Crippen LogP contribution in [0.2, 0.25) is 0 Å². The first-order valence-electron chi connectivity index (χ1n) is 9.10. The summed E-state index contributed by atoms with van der Waals surface area (Å²) >= 11 is 0. The summed E-state index contributed by atoms with van der Waals surface area (Å²) in [5.41, 5.74) is 0.897. The Morgan fingerprint density at radius 1 is 0.810 bits per heavy atom. The second-order valence-electron chi connectivity index (χ2n) is 10.2. The van der Waals surface area contributed by atoms with Crippen LogP contribution in [0.25, 0.3) is 0 Å². The molecule has 1 unspecified atom stereocenters. The second-order valence-corrected chi connectivity index (χ2v) is 10.2. The van der Waals surface area contributed by atoms with Crippen LogP contribution in [0.15, 0.2) is 0 Å². The molecule has 2 heterocycles. The fraction of sp³-hybridized carbons (Fsp3) is 1.00. The van der Waals surface area contributed by atoms with E-state index < -0.39 is 0 Å². The minimum absolute atomic E-state index is 0.373. The highest BCUT2D eigenvalue weighted by Crippen LogP contribution is 2.48. The average molecular weight is 293 g/mol. The number of hydrogen-bond donors (Lipinski definition) is 0. The van der Waals surface area contributed by atoms with Gasteiger partial charge in [-0.3, -0.25) is 4.90 Å². The SMILES string of the molecule is CC(C)(C)C1C[C@@H]2CN(CC3CN(C(C)(C)C)C3)C[C@@H]2C1. The van der Waals surface area contributed by atoms with Gasteiger partial charge in [-0.05, 0) is 62.7 Å². The molecule has 2 aliphatic heterocycles. The number of likely N-dealkylation sites (tertiary alicyclic amines) is 2. The van der Waals surface area contributed by atoms with E-state index in [1.54, 1.807) is 0 Å². The first-order chi connectivity index (χ1) is 9.63. The summed E-state index contributed by atoms with van der Waals surface area (Å²) in [6.45, 7) is 21.1. The van der Waals surface area contributed by atoms with Gasteiger partial charge in [-0.2, -0.15) is 0 Å². The maximum atomic E-state index is 2.79. The first kappa shape index (κ1) is 15.8. The summed E-state index contributed by atoms with van der Waals surface area (Å²) in [7, 11) is 0. The molecule has 3 atom stereocenters. The molecule has 3 fully saturated rings. The Labute approximate surface area is 132 Å². The lowest BCUT2D eigenvalue weighted by atomic mass is 9.79. The second kappa shape index (κ2) is 5.23. The summed E-state index contributed by atoms with van der Waals surface area (Å²) in [6.07, 6.45) is 2.98. The van der Waals surface area contributed by atoms with E-state index in [9.17, 15) is 0 Å². The van der Waals surface area contributed by atoms with Crippen molar-refractivity contribution in [2.45, 2.75) is 59.9 Å². The van der Waals surface area contributed by atoms with E-state index in [4.69, 9.17) is 0 Å². The van der Waals surface area contributed by atoms with Gasteiger partial charge in [0.1, 0.15) is 0 Å². The third-order valence-electron chi connectivity index (χ3n) is 6.47. The Balaban J connectivity index is 1.43. The van der Waals surface area contributed by atoms with Crippen molar-refractivity contribution in [3.8, 4) is 0 Å². The van der Waals surface area contributed by atoms with Crippen LogP contribution in [-0.4, -0.2) is 48.1 Å². The Morgan fingerprint density at radius 2 is 1.33 bits per heavy atom. The van der Waals surface area contributed by atoms with E-state index in [1.165, 1.54) is 45.6 Å². The zero-order valence-corrected chi connectivity index (χ0v) is 15.2. The minimum Gasteiger partial charge on any atom is -0.302 e. The molecule has 1 aliphatic carbocycles. The Hall–Kier alpha value is -0.0800. The van der Waals surface area contributed by atoms with Gasteiger partial charge in [-0.15, -0.1) is 0 Å². The van der Waals surface area contributed by atoms with Crippen molar-refractivity contribution in [1.29, 1.82) is 0 Å². The topological polar surface area (TPSA) is 6.48 Å². The Kier molecular flexibility index (Phi) is 3.94. The highest BCUT2D eigenvalue weighted by molar-refractivity contribution is 4.97. The predicted molar refractivity (Wildman–Crippen MR) is 90.4 cm³/mol. The van der Waals surface area contributed by atoms with E-state index >= 15 is 0 Å². The molecule has 122 valence electrons. The highest BCUT2D eigenvalue weighted by atomic mass is 15.3. The summed E-state index contributed by atoms with van der Waals surface area (Å²) in [6, 6.07) is 0. The van der Waals surface area contributed by atoms with Crippen LogP contribution in [0.3, 0.4) is 0 Å².